The zero-order valence-corrected chi connectivity index (χ0v) is 16.1. The Morgan fingerprint density at radius 3 is 2.23 bits per heavy atom. The maximum absolute atomic E-state index is 4.83. The second-order valence-corrected chi connectivity index (χ2v) is 6.05. The second-order valence-electron chi connectivity index (χ2n) is 4.17. The molecular weight excluding hydrogens is 312 g/mol. The minimum atomic E-state index is 0.567. The van der Waals surface area contributed by atoms with Crippen LogP contribution in [0.4, 0.5) is 0 Å². The number of thioether (sulfide) groups is 1. The van der Waals surface area contributed by atoms with Gasteiger partial charge in [0, 0.05) is 9.77 Å². The third-order valence-electron chi connectivity index (χ3n) is 2.78. The van der Waals surface area contributed by atoms with Crippen LogP contribution in [0.25, 0.3) is 0 Å². The molecule has 0 saturated heterocycles. The van der Waals surface area contributed by atoms with Gasteiger partial charge in [-0.2, -0.15) is 0 Å². The van der Waals surface area contributed by atoms with E-state index in [0.29, 0.717) is 6.61 Å². The molecule has 4 heteroatoms. The van der Waals surface area contributed by atoms with Crippen LogP contribution in [0.1, 0.15) is 36.8 Å². The molecule has 22 heavy (non-hydrogen) atoms. The molecule has 0 radical (unpaired) electrons. The Morgan fingerprint density at radius 2 is 1.73 bits per heavy atom. The Hall–Kier alpha value is -0.810. The van der Waals surface area contributed by atoms with Gasteiger partial charge >= 0.3 is 0 Å². The minimum Gasteiger partial charge on any atom is -0.240 e. The van der Waals surface area contributed by atoms with Crippen LogP contribution in [0.15, 0.2) is 40.6 Å². The highest BCUT2D eigenvalue weighted by atomic mass is 32.2. The van der Waals surface area contributed by atoms with Gasteiger partial charge in [-0.1, -0.05) is 38.5 Å². The average molecular weight is 341 g/mol. The fourth-order valence-corrected chi connectivity index (χ4v) is 2.88. The summed E-state index contributed by atoms with van der Waals surface area (Å²) in [6.07, 6.45) is 3.15. The van der Waals surface area contributed by atoms with Crippen molar-refractivity contribution < 1.29 is 9.78 Å². The predicted octanol–water partition coefficient (Wildman–Crippen LogP) is 6.13. The summed E-state index contributed by atoms with van der Waals surface area (Å²) in [6, 6.07) is 10.7. The van der Waals surface area contributed by atoms with Crippen molar-refractivity contribution in [2.75, 3.05) is 13.4 Å². The smallest absolute Gasteiger partial charge is 0.117 e. The van der Waals surface area contributed by atoms with Crippen molar-refractivity contribution in [3.05, 3.63) is 51.7 Å². The van der Waals surface area contributed by atoms with Crippen molar-refractivity contribution in [1.29, 1.82) is 0 Å². The summed E-state index contributed by atoms with van der Waals surface area (Å²) in [5.74, 6) is 0. The quantitative estimate of drug-likeness (QED) is 0.370. The van der Waals surface area contributed by atoms with E-state index in [4.69, 9.17) is 4.89 Å². The van der Waals surface area contributed by atoms with Crippen LogP contribution < -0.4 is 0 Å². The lowest BCUT2D eigenvalue weighted by Crippen LogP contribution is -1.91. The Morgan fingerprint density at radius 1 is 1.09 bits per heavy atom. The number of hydrogen-bond donors (Lipinski definition) is 0. The topological polar surface area (TPSA) is 18.5 Å². The maximum atomic E-state index is 4.83. The van der Waals surface area contributed by atoms with Crippen LogP contribution in [0.2, 0.25) is 0 Å². The first-order valence-corrected chi connectivity index (χ1v) is 9.63. The van der Waals surface area contributed by atoms with Crippen molar-refractivity contribution >= 4 is 23.1 Å². The molecule has 0 N–H and O–H groups in total. The molecule has 2 nitrogen and oxygen atoms in total. The third-order valence-corrected chi connectivity index (χ3v) is 4.46. The molecule has 1 heterocycles. The SMILES string of the molecule is CC.CCc1ccsc1COOC.CSc1ccc(C)cc1. The molecule has 0 unspecified atom stereocenters. The zero-order valence-electron chi connectivity index (χ0n) is 14.5. The van der Waals surface area contributed by atoms with Crippen molar-refractivity contribution in [1.82, 2.24) is 0 Å². The van der Waals surface area contributed by atoms with Crippen LogP contribution in [0.3, 0.4) is 0 Å². The third kappa shape index (κ3) is 8.59. The normalized spacial score (nSPS) is 9.36. The van der Waals surface area contributed by atoms with Gasteiger partial charge in [0.2, 0.25) is 0 Å². The van der Waals surface area contributed by atoms with E-state index in [1.165, 1.54) is 28.0 Å². The highest BCUT2D eigenvalue weighted by molar-refractivity contribution is 7.98. The lowest BCUT2D eigenvalue weighted by Gasteiger charge is -1.99. The highest BCUT2D eigenvalue weighted by Crippen LogP contribution is 2.18. The first-order chi connectivity index (χ1) is 10.7. The van der Waals surface area contributed by atoms with E-state index in [1.807, 2.05) is 13.8 Å². The molecule has 1 aromatic carbocycles. The lowest BCUT2D eigenvalue weighted by molar-refractivity contribution is -0.281. The standard InChI is InChI=1S/C8H12O2S.C8H10S.C2H6/c1-3-7-4-5-11-8(7)6-10-9-2;1-7-3-5-8(9-2)6-4-7;1-2/h4-5H,3,6H2,1-2H3;3-6H,1-2H3;1-2H3. The summed E-state index contributed by atoms with van der Waals surface area (Å²) in [7, 11) is 1.53. The van der Waals surface area contributed by atoms with Crippen LogP contribution in [-0.4, -0.2) is 13.4 Å². The molecule has 0 saturated carbocycles. The minimum absolute atomic E-state index is 0.567. The molecule has 0 aliphatic rings. The molecule has 1 aromatic heterocycles. The predicted molar refractivity (Wildman–Crippen MR) is 99.8 cm³/mol. The van der Waals surface area contributed by atoms with Crippen molar-refractivity contribution in [3.63, 3.8) is 0 Å². The average Bonchev–Trinajstić information content (AvgIpc) is 3.03. The van der Waals surface area contributed by atoms with Crippen molar-refractivity contribution in [2.45, 2.75) is 45.6 Å². The molecule has 0 amide bonds. The summed E-state index contributed by atoms with van der Waals surface area (Å²) in [5, 5.41) is 2.08. The van der Waals surface area contributed by atoms with Crippen LogP contribution >= 0.6 is 23.1 Å². The van der Waals surface area contributed by atoms with Gasteiger partial charge in [0.05, 0.1) is 7.11 Å². The number of benzene rings is 1. The Kier molecular flexibility index (Phi) is 13.3. The Labute approximate surface area is 143 Å². The van der Waals surface area contributed by atoms with E-state index in [1.54, 1.807) is 23.1 Å². The number of thiophene rings is 1. The van der Waals surface area contributed by atoms with Gasteiger partial charge < -0.3 is 0 Å². The molecule has 0 atom stereocenters. The van der Waals surface area contributed by atoms with E-state index in [2.05, 4.69) is 60.7 Å². The summed E-state index contributed by atoms with van der Waals surface area (Å²) in [5.41, 5.74) is 2.68. The fourth-order valence-electron chi connectivity index (χ4n) is 1.60. The van der Waals surface area contributed by atoms with Gasteiger partial charge in [-0.05, 0) is 48.7 Å². The largest absolute Gasteiger partial charge is 0.240 e. The van der Waals surface area contributed by atoms with E-state index in [-0.39, 0.29) is 0 Å². The highest BCUT2D eigenvalue weighted by Gasteiger charge is 2.01. The fraction of sp³-hybridized carbons (Fsp3) is 0.444. The lowest BCUT2D eigenvalue weighted by atomic mass is 10.2. The summed E-state index contributed by atoms with van der Waals surface area (Å²) < 4.78 is 0. The maximum Gasteiger partial charge on any atom is 0.117 e. The number of hydrogen-bond acceptors (Lipinski definition) is 4. The summed E-state index contributed by atoms with van der Waals surface area (Å²) in [6.45, 7) is 8.81. The molecular formula is C18H28O2S2. The van der Waals surface area contributed by atoms with Crippen LogP contribution in [0.5, 0.6) is 0 Å². The molecule has 2 aromatic rings. The molecule has 0 fully saturated rings. The first-order valence-electron chi connectivity index (χ1n) is 7.52. The van der Waals surface area contributed by atoms with Gasteiger partial charge in [-0.25, -0.2) is 9.78 Å². The van der Waals surface area contributed by atoms with Crippen LogP contribution in [0, 0.1) is 6.92 Å². The van der Waals surface area contributed by atoms with Gasteiger partial charge in [-0.15, -0.1) is 23.1 Å². The molecule has 0 aliphatic heterocycles. The number of aryl methyl sites for hydroxylation is 2. The second kappa shape index (κ2) is 13.8. The molecule has 0 aliphatic carbocycles. The van der Waals surface area contributed by atoms with Gasteiger partial charge in [0.15, 0.2) is 0 Å². The zero-order chi connectivity index (χ0) is 16.8. The van der Waals surface area contributed by atoms with E-state index in [0.717, 1.165) is 6.42 Å². The van der Waals surface area contributed by atoms with Gasteiger partial charge in [0.1, 0.15) is 6.61 Å². The van der Waals surface area contributed by atoms with Crippen molar-refractivity contribution in [3.8, 4) is 0 Å². The molecule has 0 spiro atoms. The first kappa shape index (κ1) is 21.2. The Balaban J connectivity index is 0.000000366. The van der Waals surface area contributed by atoms with Crippen molar-refractivity contribution in [2.24, 2.45) is 0 Å². The van der Waals surface area contributed by atoms with Gasteiger partial charge in [-0.3, -0.25) is 0 Å². The molecule has 124 valence electrons. The monoisotopic (exact) mass is 340 g/mol. The van der Waals surface area contributed by atoms with E-state index in [9.17, 15) is 0 Å². The summed E-state index contributed by atoms with van der Waals surface area (Å²) in [4.78, 5) is 11.9. The van der Waals surface area contributed by atoms with E-state index >= 15 is 0 Å². The molecule has 2 rings (SSSR count). The van der Waals surface area contributed by atoms with E-state index < -0.39 is 0 Å². The van der Waals surface area contributed by atoms with Crippen LogP contribution in [-0.2, 0) is 22.8 Å². The number of rotatable bonds is 5. The summed E-state index contributed by atoms with van der Waals surface area (Å²) >= 11 is 3.49. The Bertz CT molecular complexity index is 478. The van der Waals surface area contributed by atoms with Gasteiger partial charge in [0.25, 0.3) is 0 Å². The molecule has 0 bridgehead atoms.